The van der Waals surface area contributed by atoms with E-state index in [1.807, 2.05) is 12.1 Å². The second-order valence-electron chi connectivity index (χ2n) is 4.13. The molecule has 0 aliphatic rings. The number of aliphatic carboxylic acids is 1. The summed E-state index contributed by atoms with van der Waals surface area (Å²) < 4.78 is 0.650. The minimum absolute atomic E-state index is 0.000345. The fraction of sp³-hybridized carbons (Fsp3) is 0.308. The Balaban J connectivity index is 1.94. The SMILES string of the molecule is CCCc1ccc(Nc2nnc(SCC(=O)O)s2)cc1. The molecule has 20 heavy (non-hydrogen) atoms. The van der Waals surface area contributed by atoms with E-state index in [4.69, 9.17) is 5.11 Å². The molecule has 0 amide bonds. The minimum atomic E-state index is -0.855. The van der Waals surface area contributed by atoms with Crippen molar-refractivity contribution in [3.63, 3.8) is 0 Å². The molecule has 0 fully saturated rings. The Kier molecular flexibility index (Phi) is 5.37. The number of carboxylic acids is 1. The molecule has 1 heterocycles. The number of benzene rings is 1. The summed E-state index contributed by atoms with van der Waals surface area (Å²) in [5.41, 5.74) is 2.27. The molecule has 0 spiro atoms. The van der Waals surface area contributed by atoms with Gasteiger partial charge in [0.15, 0.2) is 4.34 Å². The Morgan fingerprint density at radius 2 is 2.10 bits per heavy atom. The maximum atomic E-state index is 10.5. The van der Waals surface area contributed by atoms with E-state index < -0.39 is 5.97 Å². The van der Waals surface area contributed by atoms with E-state index in [0.717, 1.165) is 18.5 Å². The summed E-state index contributed by atoms with van der Waals surface area (Å²) in [6.07, 6.45) is 2.21. The summed E-state index contributed by atoms with van der Waals surface area (Å²) in [6, 6.07) is 8.20. The lowest BCUT2D eigenvalue weighted by molar-refractivity contribution is -0.133. The molecule has 0 radical (unpaired) electrons. The van der Waals surface area contributed by atoms with Gasteiger partial charge in [0.25, 0.3) is 0 Å². The topological polar surface area (TPSA) is 75.1 Å². The molecular weight excluding hydrogens is 294 g/mol. The first-order chi connectivity index (χ1) is 9.67. The molecule has 1 aromatic heterocycles. The third-order valence-corrected chi connectivity index (χ3v) is 4.43. The van der Waals surface area contributed by atoms with Gasteiger partial charge in [-0.25, -0.2) is 0 Å². The zero-order chi connectivity index (χ0) is 14.4. The number of nitrogens with zero attached hydrogens (tertiary/aromatic N) is 2. The van der Waals surface area contributed by atoms with Crippen molar-refractivity contribution in [1.82, 2.24) is 10.2 Å². The third kappa shape index (κ3) is 4.50. The van der Waals surface area contributed by atoms with E-state index in [2.05, 4.69) is 34.6 Å². The molecule has 5 nitrogen and oxygen atoms in total. The van der Waals surface area contributed by atoms with Gasteiger partial charge in [0, 0.05) is 5.69 Å². The summed E-state index contributed by atoms with van der Waals surface area (Å²) in [5, 5.41) is 20.4. The van der Waals surface area contributed by atoms with Crippen LogP contribution in [0.2, 0.25) is 0 Å². The zero-order valence-electron chi connectivity index (χ0n) is 11.0. The van der Waals surface area contributed by atoms with Gasteiger partial charge in [0.1, 0.15) is 0 Å². The highest BCUT2D eigenvalue weighted by Crippen LogP contribution is 2.27. The molecule has 0 saturated carbocycles. The second-order valence-corrected chi connectivity index (χ2v) is 6.33. The van der Waals surface area contributed by atoms with Gasteiger partial charge in [0.2, 0.25) is 5.13 Å². The monoisotopic (exact) mass is 309 g/mol. The van der Waals surface area contributed by atoms with Gasteiger partial charge in [0.05, 0.1) is 5.75 Å². The number of anilines is 2. The molecule has 0 unspecified atom stereocenters. The van der Waals surface area contributed by atoms with Crippen molar-refractivity contribution in [2.45, 2.75) is 24.1 Å². The summed E-state index contributed by atoms with van der Waals surface area (Å²) in [6.45, 7) is 2.16. The van der Waals surface area contributed by atoms with Crippen LogP contribution in [0.5, 0.6) is 0 Å². The van der Waals surface area contributed by atoms with Crippen molar-refractivity contribution in [2.24, 2.45) is 0 Å². The van der Waals surface area contributed by atoms with Crippen LogP contribution >= 0.6 is 23.1 Å². The van der Waals surface area contributed by atoms with Gasteiger partial charge in [-0.1, -0.05) is 48.6 Å². The first-order valence-corrected chi connectivity index (χ1v) is 8.01. The Bertz CT molecular complexity index is 569. The van der Waals surface area contributed by atoms with Gasteiger partial charge in [-0.05, 0) is 24.1 Å². The fourth-order valence-electron chi connectivity index (χ4n) is 1.61. The lowest BCUT2D eigenvalue weighted by Crippen LogP contribution is -1.96. The normalized spacial score (nSPS) is 10.4. The summed E-state index contributed by atoms with van der Waals surface area (Å²) in [7, 11) is 0. The van der Waals surface area contributed by atoms with Crippen LogP contribution in [0.25, 0.3) is 0 Å². The average molecular weight is 309 g/mol. The number of rotatable bonds is 7. The molecule has 106 valence electrons. The predicted molar refractivity (Wildman–Crippen MR) is 82.0 cm³/mol. The van der Waals surface area contributed by atoms with Crippen LogP contribution in [-0.2, 0) is 11.2 Å². The van der Waals surface area contributed by atoms with Crippen molar-refractivity contribution in [3.8, 4) is 0 Å². The highest BCUT2D eigenvalue weighted by Gasteiger charge is 2.07. The number of aryl methyl sites for hydroxylation is 1. The van der Waals surface area contributed by atoms with Crippen LogP contribution in [-0.4, -0.2) is 27.0 Å². The van der Waals surface area contributed by atoms with Gasteiger partial charge in [-0.15, -0.1) is 10.2 Å². The molecule has 0 atom stereocenters. The van der Waals surface area contributed by atoms with Crippen LogP contribution in [0.3, 0.4) is 0 Å². The van der Waals surface area contributed by atoms with Gasteiger partial charge >= 0.3 is 5.97 Å². The van der Waals surface area contributed by atoms with Crippen LogP contribution in [0.1, 0.15) is 18.9 Å². The van der Waals surface area contributed by atoms with Crippen molar-refractivity contribution in [1.29, 1.82) is 0 Å². The molecule has 2 rings (SSSR count). The number of hydrogen-bond donors (Lipinski definition) is 2. The van der Waals surface area contributed by atoms with Crippen LogP contribution in [0.15, 0.2) is 28.6 Å². The molecule has 0 aliphatic heterocycles. The number of aromatic nitrogens is 2. The number of hydrogen-bond acceptors (Lipinski definition) is 6. The molecular formula is C13H15N3O2S2. The number of nitrogens with one attached hydrogen (secondary N) is 1. The van der Waals surface area contributed by atoms with Gasteiger partial charge < -0.3 is 10.4 Å². The van der Waals surface area contributed by atoms with Gasteiger partial charge in [-0.2, -0.15) is 0 Å². The first kappa shape index (κ1) is 14.8. The quantitative estimate of drug-likeness (QED) is 0.763. The smallest absolute Gasteiger partial charge is 0.313 e. The first-order valence-electron chi connectivity index (χ1n) is 6.21. The molecule has 0 saturated heterocycles. The number of carboxylic acid groups (broad SMARTS) is 1. The minimum Gasteiger partial charge on any atom is -0.481 e. The Hall–Kier alpha value is -1.60. The summed E-state index contributed by atoms with van der Waals surface area (Å²) in [5.74, 6) is -0.855. The molecule has 0 bridgehead atoms. The van der Waals surface area contributed by atoms with Crippen molar-refractivity contribution in [2.75, 3.05) is 11.1 Å². The van der Waals surface area contributed by atoms with E-state index in [-0.39, 0.29) is 5.75 Å². The Labute approximate surface area is 125 Å². The molecule has 0 aliphatic carbocycles. The van der Waals surface area contributed by atoms with E-state index in [9.17, 15) is 4.79 Å². The van der Waals surface area contributed by atoms with E-state index in [0.29, 0.717) is 9.47 Å². The second kappa shape index (κ2) is 7.25. The standard InChI is InChI=1S/C13H15N3O2S2/c1-2-3-9-4-6-10(7-5-9)14-12-15-16-13(20-12)19-8-11(17)18/h4-7H,2-3,8H2,1H3,(H,14,15)(H,17,18). The van der Waals surface area contributed by atoms with Crippen LogP contribution in [0, 0.1) is 0 Å². The summed E-state index contributed by atoms with van der Waals surface area (Å²) in [4.78, 5) is 10.5. The molecule has 2 N–H and O–H groups in total. The van der Waals surface area contributed by atoms with Crippen molar-refractivity contribution in [3.05, 3.63) is 29.8 Å². The Morgan fingerprint density at radius 3 is 2.75 bits per heavy atom. The van der Waals surface area contributed by atoms with Crippen molar-refractivity contribution < 1.29 is 9.90 Å². The van der Waals surface area contributed by atoms with Crippen LogP contribution in [0.4, 0.5) is 10.8 Å². The number of thioether (sulfide) groups is 1. The van der Waals surface area contributed by atoms with Crippen LogP contribution < -0.4 is 5.32 Å². The zero-order valence-corrected chi connectivity index (χ0v) is 12.6. The summed E-state index contributed by atoms with van der Waals surface area (Å²) >= 11 is 2.52. The highest BCUT2D eigenvalue weighted by molar-refractivity contribution is 8.01. The fourth-order valence-corrected chi connectivity index (χ4v) is 3.10. The third-order valence-electron chi connectivity index (χ3n) is 2.47. The Morgan fingerprint density at radius 1 is 1.35 bits per heavy atom. The van der Waals surface area contributed by atoms with Crippen molar-refractivity contribution >= 4 is 39.9 Å². The lowest BCUT2D eigenvalue weighted by Gasteiger charge is -2.03. The van der Waals surface area contributed by atoms with E-state index >= 15 is 0 Å². The largest absolute Gasteiger partial charge is 0.481 e. The highest BCUT2D eigenvalue weighted by atomic mass is 32.2. The van der Waals surface area contributed by atoms with E-state index in [1.165, 1.54) is 28.7 Å². The predicted octanol–water partition coefficient (Wildman–Crippen LogP) is 3.41. The molecule has 7 heteroatoms. The van der Waals surface area contributed by atoms with E-state index in [1.54, 1.807) is 0 Å². The molecule has 1 aromatic carbocycles. The number of carbonyl (C=O) groups is 1. The van der Waals surface area contributed by atoms with Gasteiger partial charge in [-0.3, -0.25) is 4.79 Å². The average Bonchev–Trinajstić information content (AvgIpc) is 2.87. The maximum absolute atomic E-state index is 10.5. The lowest BCUT2D eigenvalue weighted by atomic mass is 10.1. The molecule has 2 aromatic rings. The maximum Gasteiger partial charge on any atom is 0.313 e.